The fourth-order valence-corrected chi connectivity index (χ4v) is 2.29. The Hall–Kier alpha value is -1.84. The Morgan fingerprint density at radius 2 is 1.64 bits per heavy atom. The number of hydrogen-bond donors (Lipinski definition) is 1. The average Bonchev–Trinajstić information content (AvgIpc) is 2.49. The quantitative estimate of drug-likeness (QED) is 0.886. The summed E-state index contributed by atoms with van der Waals surface area (Å²) in [5, 5.41) is 3.67. The number of aryl methyl sites for hydroxylation is 1. The molecule has 4 heteroatoms. The van der Waals surface area contributed by atoms with Gasteiger partial charge in [0.1, 0.15) is 0 Å². The standard InChI is InChI=1S/C18H21ClN2O/c1-14-3-5-15(6-4-14)11-20-18(22)13-21(2)12-16-7-9-17(19)10-8-16/h3-10H,11-13H2,1-2H3,(H,20,22). The summed E-state index contributed by atoms with van der Waals surface area (Å²) in [6.45, 7) is 3.70. The van der Waals surface area contributed by atoms with Gasteiger partial charge in [-0.1, -0.05) is 53.6 Å². The van der Waals surface area contributed by atoms with Crippen LogP contribution in [0.25, 0.3) is 0 Å². The fourth-order valence-electron chi connectivity index (χ4n) is 2.17. The predicted octanol–water partition coefficient (Wildman–Crippen LogP) is 3.40. The second kappa shape index (κ2) is 7.97. The van der Waals surface area contributed by atoms with Crippen molar-refractivity contribution in [3.8, 4) is 0 Å². The molecule has 2 aromatic carbocycles. The summed E-state index contributed by atoms with van der Waals surface area (Å²) in [6.07, 6.45) is 0. The number of carbonyl (C=O) groups excluding carboxylic acids is 1. The van der Waals surface area contributed by atoms with Crippen LogP contribution >= 0.6 is 11.6 Å². The summed E-state index contributed by atoms with van der Waals surface area (Å²) in [5.41, 5.74) is 3.47. The van der Waals surface area contributed by atoms with Crippen LogP contribution in [-0.2, 0) is 17.9 Å². The SMILES string of the molecule is Cc1ccc(CNC(=O)CN(C)Cc2ccc(Cl)cc2)cc1. The third-order valence-electron chi connectivity index (χ3n) is 3.39. The number of likely N-dealkylation sites (N-methyl/N-ethyl adjacent to an activating group) is 1. The van der Waals surface area contributed by atoms with Crippen LogP contribution in [0.15, 0.2) is 48.5 Å². The highest BCUT2D eigenvalue weighted by Crippen LogP contribution is 2.10. The highest BCUT2D eigenvalue weighted by atomic mass is 35.5. The third kappa shape index (κ3) is 5.51. The zero-order valence-electron chi connectivity index (χ0n) is 13.0. The van der Waals surface area contributed by atoms with Crippen molar-refractivity contribution in [2.75, 3.05) is 13.6 Å². The highest BCUT2D eigenvalue weighted by Gasteiger charge is 2.07. The van der Waals surface area contributed by atoms with Crippen LogP contribution in [0.4, 0.5) is 0 Å². The highest BCUT2D eigenvalue weighted by molar-refractivity contribution is 6.30. The molecule has 0 aliphatic carbocycles. The minimum atomic E-state index is 0.0250. The van der Waals surface area contributed by atoms with Gasteiger partial charge >= 0.3 is 0 Å². The van der Waals surface area contributed by atoms with Gasteiger partial charge in [-0.05, 0) is 37.2 Å². The second-order valence-corrected chi connectivity index (χ2v) is 6.00. The summed E-state index contributed by atoms with van der Waals surface area (Å²) in [5.74, 6) is 0.0250. The van der Waals surface area contributed by atoms with Crippen molar-refractivity contribution in [2.45, 2.75) is 20.0 Å². The fraction of sp³-hybridized carbons (Fsp3) is 0.278. The Balaban J connectivity index is 1.76. The molecule has 0 unspecified atom stereocenters. The van der Waals surface area contributed by atoms with E-state index < -0.39 is 0 Å². The molecule has 0 bridgehead atoms. The topological polar surface area (TPSA) is 32.3 Å². The Bertz CT molecular complexity index is 608. The van der Waals surface area contributed by atoms with Crippen molar-refractivity contribution in [3.63, 3.8) is 0 Å². The number of amides is 1. The first-order valence-corrected chi connectivity index (χ1v) is 7.66. The molecular weight excluding hydrogens is 296 g/mol. The number of benzene rings is 2. The van der Waals surface area contributed by atoms with E-state index in [9.17, 15) is 4.79 Å². The van der Waals surface area contributed by atoms with Gasteiger partial charge < -0.3 is 5.32 Å². The number of hydrogen-bond acceptors (Lipinski definition) is 2. The van der Waals surface area contributed by atoms with Crippen molar-refractivity contribution in [2.24, 2.45) is 0 Å². The smallest absolute Gasteiger partial charge is 0.234 e. The summed E-state index contributed by atoms with van der Waals surface area (Å²) >= 11 is 5.86. The molecule has 2 rings (SSSR count). The molecule has 1 amide bonds. The van der Waals surface area contributed by atoms with Gasteiger partial charge in [0.25, 0.3) is 0 Å². The van der Waals surface area contributed by atoms with Gasteiger partial charge in [-0.25, -0.2) is 0 Å². The number of nitrogens with one attached hydrogen (secondary N) is 1. The minimum Gasteiger partial charge on any atom is -0.351 e. The van der Waals surface area contributed by atoms with Gasteiger partial charge in [-0.2, -0.15) is 0 Å². The molecule has 3 nitrogen and oxygen atoms in total. The first-order valence-electron chi connectivity index (χ1n) is 7.28. The zero-order valence-corrected chi connectivity index (χ0v) is 13.7. The molecule has 0 saturated heterocycles. The van der Waals surface area contributed by atoms with E-state index in [4.69, 9.17) is 11.6 Å². The van der Waals surface area contributed by atoms with Gasteiger partial charge in [0.15, 0.2) is 0 Å². The molecule has 22 heavy (non-hydrogen) atoms. The summed E-state index contributed by atoms with van der Waals surface area (Å²) in [4.78, 5) is 13.9. The lowest BCUT2D eigenvalue weighted by Gasteiger charge is -2.16. The Labute approximate surface area is 136 Å². The lowest BCUT2D eigenvalue weighted by Crippen LogP contribution is -2.34. The van der Waals surface area contributed by atoms with E-state index in [1.807, 2.05) is 67.4 Å². The molecule has 0 radical (unpaired) electrons. The molecule has 0 saturated carbocycles. The first-order chi connectivity index (χ1) is 10.5. The molecule has 116 valence electrons. The van der Waals surface area contributed by atoms with E-state index in [2.05, 4.69) is 5.32 Å². The molecule has 0 aliphatic heterocycles. The maximum Gasteiger partial charge on any atom is 0.234 e. The molecule has 0 atom stereocenters. The Morgan fingerprint density at radius 3 is 2.27 bits per heavy atom. The van der Waals surface area contributed by atoms with Crippen LogP contribution in [0.2, 0.25) is 5.02 Å². The van der Waals surface area contributed by atoms with Gasteiger partial charge in [0, 0.05) is 18.1 Å². The van der Waals surface area contributed by atoms with Crippen molar-refractivity contribution < 1.29 is 4.79 Å². The van der Waals surface area contributed by atoms with Crippen molar-refractivity contribution in [1.82, 2.24) is 10.2 Å². The van der Waals surface area contributed by atoms with Crippen LogP contribution in [-0.4, -0.2) is 24.4 Å². The van der Waals surface area contributed by atoms with Crippen LogP contribution in [0.3, 0.4) is 0 Å². The number of nitrogens with zero attached hydrogens (tertiary/aromatic N) is 1. The third-order valence-corrected chi connectivity index (χ3v) is 3.64. The van der Waals surface area contributed by atoms with E-state index in [1.165, 1.54) is 5.56 Å². The van der Waals surface area contributed by atoms with Crippen LogP contribution in [0.5, 0.6) is 0 Å². The Kier molecular flexibility index (Phi) is 5.99. The zero-order chi connectivity index (χ0) is 15.9. The first kappa shape index (κ1) is 16.5. The number of carbonyl (C=O) groups is 1. The van der Waals surface area contributed by atoms with Gasteiger partial charge in [0.05, 0.1) is 6.54 Å². The number of halogens is 1. The summed E-state index contributed by atoms with van der Waals surface area (Å²) in [6, 6.07) is 15.8. The summed E-state index contributed by atoms with van der Waals surface area (Å²) in [7, 11) is 1.93. The van der Waals surface area contributed by atoms with E-state index in [1.54, 1.807) is 0 Å². The van der Waals surface area contributed by atoms with Gasteiger partial charge in [-0.15, -0.1) is 0 Å². The van der Waals surface area contributed by atoms with E-state index in [0.29, 0.717) is 13.1 Å². The normalized spacial score (nSPS) is 10.7. The van der Waals surface area contributed by atoms with Gasteiger partial charge in [-0.3, -0.25) is 9.69 Å². The maximum atomic E-state index is 12.0. The molecule has 0 heterocycles. The van der Waals surface area contributed by atoms with E-state index in [0.717, 1.165) is 22.7 Å². The minimum absolute atomic E-state index is 0.0250. The van der Waals surface area contributed by atoms with E-state index in [-0.39, 0.29) is 5.91 Å². The monoisotopic (exact) mass is 316 g/mol. The summed E-state index contributed by atoms with van der Waals surface area (Å²) < 4.78 is 0. The molecule has 0 spiro atoms. The second-order valence-electron chi connectivity index (χ2n) is 5.56. The van der Waals surface area contributed by atoms with Gasteiger partial charge in [0.2, 0.25) is 5.91 Å². The largest absolute Gasteiger partial charge is 0.351 e. The lowest BCUT2D eigenvalue weighted by atomic mass is 10.1. The van der Waals surface area contributed by atoms with Crippen LogP contribution in [0, 0.1) is 6.92 Å². The molecule has 1 N–H and O–H groups in total. The van der Waals surface area contributed by atoms with Crippen LogP contribution < -0.4 is 5.32 Å². The Morgan fingerprint density at radius 1 is 1.05 bits per heavy atom. The van der Waals surface area contributed by atoms with Crippen LogP contribution in [0.1, 0.15) is 16.7 Å². The predicted molar refractivity (Wildman–Crippen MR) is 90.8 cm³/mol. The lowest BCUT2D eigenvalue weighted by molar-refractivity contribution is -0.122. The molecule has 0 aromatic heterocycles. The average molecular weight is 317 g/mol. The van der Waals surface area contributed by atoms with Crippen molar-refractivity contribution in [1.29, 1.82) is 0 Å². The molecular formula is C18H21ClN2O. The van der Waals surface area contributed by atoms with Crippen molar-refractivity contribution in [3.05, 3.63) is 70.2 Å². The number of rotatable bonds is 6. The molecule has 0 fully saturated rings. The maximum absolute atomic E-state index is 12.0. The molecule has 0 aliphatic rings. The van der Waals surface area contributed by atoms with Crippen molar-refractivity contribution >= 4 is 17.5 Å². The molecule has 2 aromatic rings. The van der Waals surface area contributed by atoms with E-state index >= 15 is 0 Å².